The third-order valence-electron chi connectivity index (χ3n) is 4.36. The van der Waals surface area contributed by atoms with Gasteiger partial charge in [-0.05, 0) is 37.1 Å². The van der Waals surface area contributed by atoms with Crippen LogP contribution in [0.1, 0.15) is 25.7 Å². The highest BCUT2D eigenvalue weighted by molar-refractivity contribution is 7.92. The van der Waals surface area contributed by atoms with Crippen molar-refractivity contribution in [2.75, 3.05) is 4.72 Å². The molecule has 2 aromatic carbocycles. The van der Waals surface area contributed by atoms with Crippen molar-refractivity contribution in [2.45, 2.75) is 36.4 Å². The zero-order valence-electron chi connectivity index (χ0n) is 13.1. The summed E-state index contributed by atoms with van der Waals surface area (Å²) in [5.41, 5.74) is 0.369. The smallest absolute Gasteiger partial charge is 0.263 e. The molecule has 2 aliphatic rings. The molecular formula is C17H15Cl2NO4S. The maximum atomic E-state index is 12.6. The summed E-state index contributed by atoms with van der Waals surface area (Å²) in [6.45, 7) is 0. The van der Waals surface area contributed by atoms with Gasteiger partial charge in [0.1, 0.15) is 4.90 Å². The molecule has 1 saturated carbocycles. The SMILES string of the molecule is O=S(=O)(Nc1ccc2c(c1)OC1(CCCC1)O2)c1cccc(Cl)c1Cl. The molecule has 8 heteroatoms. The van der Waals surface area contributed by atoms with Crippen molar-refractivity contribution < 1.29 is 17.9 Å². The second-order valence-electron chi connectivity index (χ2n) is 6.14. The molecule has 4 rings (SSSR count). The van der Waals surface area contributed by atoms with E-state index in [1.807, 2.05) is 0 Å². The standard InChI is InChI=1S/C17H15Cl2NO4S/c18-12-4-3-5-15(16(12)19)25(21,22)20-11-6-7-13-14(10-11)24-17(23-13)8-1-2-9-17/h3-7,10,20H,1-2,8-9H2. The first-order valence-electron chi connectivity index (χ1n) is 7.88. The molecule has 0 aromatic heterocycles. The van der Waals surface area contributed by atoms with Crippen molar-refractivity contribution in [3.8, 4) is 11.5 Å². The number of nitrogens with one attached hydrogen (secondary N) is 1. The molecule has 1 spiro atoms. The molecule has 0 unspecified atom stereocenters. The first-order valence-corrected chi connectivity index (χ1v) is 10.1. The van der Waals surface area contributed by atoms with Crippen molar-refractivity contribution in [3.63, 3.8) is 0 Å². The lowest BCUT2D eigenvalue weighted by molar-refractivity contribution is -0.0716. The summed E-state index contributed by atoms with van der Waals surface area (Å²) in [6, 6.07) is 9.43. The quantitative estimate of drug-likeness (QED) is 0.801. The molecule has 25 heavy (non-hydrogen) atoms. The predicted octanol–water partition coefficient (Wildman–Crippen LogP) is 4.84. The molecule has 5 nitrogen and oxygen atoms in total. The van der Waals surface area contributed by atoms with Crippen molar-refractivity contribution >= 4 is 38.9 Å². The molecule has 0 bridgehead atoms. The molecule has 1 aliphatic heterocycles. The fourth-order valence-electron chi connectivity index (χ4n) is 3.18. The van der Waals surface area contributed by atoms with Gasteiger partial charge in [-0.1, -0.05) is 29.3 Å². The Balaban J connectivity index is 1.61. The Morgan fingerprint density at radius 2 is 1.72 bits per heavy atom. The summed E-state index contributed by atoms with van der Waals surface area (Å²) in [6.07, 6.45) is 3.78. The topological polar surface area (TPSA) is 64.6 Å². The fraction of sp³-hybridized carbons (Fsp3) is 0.294. The van der Waals surface area contributed by atoms with Gasteiger partial charge in [-0.2, -0.15) is 0 Å². The summed E-state index contributed by atoms with van der Waals surface area (Å²) in [4.78, 5) is -0.0772. The number of hydrogen-bond acceptors (Lipinski definition) is 4. The minimum atomic E-state index is -3.87. The normalized spacial score (nSPS) is 17.8. The Kier molecular flexibility index (Phi) is 4.02. The number of ether oxygens (including phenoxy) is 2. The van der Waals surface area contributed by atoms with Gasteiger partial charge >= 0.3 is 0 Å². The van der Waals surface area contributed by atoms with Crippen molar-refractivity contribution in [3.05, 3.63) is 46.4 Å². The third-order valence-corrected chi connectivity index (χ3v) is 6.71. The predicted molar refractivity (Wildman–Crippen MR) is 96.2 cm³/mol. The van der Waals surface area contributed by atoms with Crippen LogP contribution in [0.15, 0.2) is 41.3 Å². The van der Waals surface area contributed by atoms with Crippen LogP contribution in [-0.2, 0) is 10.0 Å². The van der Waals surface area contributed by atoms with Crippen LogP contribution in [0.3, 0.4) is 0 Å². The number of sulfonamides is 1. The van der Waals surface area contributed by atoms with E-state index < -0.39 is 15.8 Å². The second-order valence-corrected chi connectivity index (χ2v) is 8.58. The zero-order chi connectivity index (χ0) is 17.7. The first kappa shape index (κ1) is 16.8. The van der Waals surface area contributed by atoms with Crippen LogP contribution in [0.2, 0.25) is 10.0 Å². The van der Waals surface area contributed by atoms with Gasteiger partial charge in [-0.25, -0.2) is 8.42 Å². The Hall–Kier alpha value is -1.63. The highest BCUT2D eigenvalue weighted by atomic mass is 35.5. The van der Waals surface area contributed by atoms with Gasteiger partial charge in [0.05, 0.1) is 15.7 Å². The number of anilines is 1. The van der Waals surface area contributed by atoms with Crippen LogP contribution in [0.4, 0.5) is 5.69 Å². The average Bonchev–Trinajstić information content (AvgIpc) is 3.15. The van der Waals surface area contributed by atoms with Gasteiger partial charge in [0.25, 0.3) is 15.8 Å². The summed E-state index contributed by atoms with van der Waals surface area (Å²) in [5, 5.41) is 0.167. The number of benzene rings is 2. The lowest BCUT2D eigenvalue weighted by Gasteiger charge is -2.21. The second kappa shape index (κ2) is 5.97. The molecule has 1 aliphatic carbocycles. The maximum absolute atomic E-state index is 12.6. The molecule has 1 heterocycles. The Morgan fingerprint density at radius 1 is 1.00 bits per heavy atom. The van der Waals surface area contributed by atoms with E-state index in [4.69, 9.17) is 32.7 Å². The minimum absolute atomic E-state index is 0.0117. The van der Waals surface area contributed by atoms with Crippen molar-refractivity contribution in [2.24, 2.45) is 0 Å². The molecule has 132 valence electrons. The lowest BCUT2D eigenvalue weighted by Crippen LogP contribution is -2.34. The Morgan fingerprint density at radius 3 is 2.48 bits per heavy atom. The minimum Gasteiger partial charge on any atom is -0.448 e. The van der Waals surface area contributed by atoms with E-state index >= 15 is 0 Å². The average molecular weight is 400 g/mol. The summed E-state index contributed by atoms with van der Waals surface area (Å²) in [5.74, 6) is 0.584. The van der Waals surface area contributed by atoms with Gasteiger partial charge in [-0.3, -0.25) is 4.72 Å². The molecule has 0 amide bonds. The molecule has 1 fully saturated rings. The highest BCUT2D eigenvalue weighted by Crippen LogP contribution is 2.47. The van der Waals surface area contributed by atoms with Gasteiger partial charge in [-0.15, -0.1) is 0 Å². The number of rotatable bonds is 3. The van der Waals surface area contributed by atoms with E-state index in [1.165, 1.54) is 18.2 Å². The van der Waals surface area contributed by atoms with E-state index in [0.717, 1.165) is 25.7 Å². The van der Waals surface area contributed by atoms with Crippen molar-refractivity contribution in [1.29, 1.82) is 0 Å². The molecule has 1 N–H and O–H groups in total. The van der Waals surface area contributed by atoms with Crippen molar-refractivity contribution in [1.82, 2.24) is 0 Å². The largest absolute Gasteiger partial charge is 0.448 e. The van der Waals surface area contributed by atoms with E-state index in [-0.39, 0.29) is 14.9 Å². The van der Waals surface area contributed by atoms with Crippen LogP contribution in [-0.4, -0.2) is 14.2 Å². The van der Waals surface area contributed by atoms with Crippen LogP contribution in [0.5, 0.6) is 11.5 Å². The Labute approximate surface area is 155 Å². The highest BCUT2D eigenvalue weighted by Gasteiger charge is 2.44. The van der Waals surface area contributed by atoms with Gasteiger partial charge in [0.15, 0.2) is 11.5 Å². The van der Waals surface area contributed by atoms with Gasteiger partial charge in [0, 0.05) is 18.9 Å². The number of hydrogen-bond donors (Lipinski definition) is 1. The van der Waals surface area contributed by atoms with Gasteiger partial charge < -0.3 is 9.47 Å². The van der Waals surface area contributed by atoms with E-state index in [2.05, 4.69) is 4.72 Å². The molecule has 2 aromatic rings. The molecule has 0 atom stereocenters. The summed E-state index contributed by atoms with van der Waals surface area (Å²) >= 11 is 11.9. The van der Waals surface area contributed by atoms with Crippen LogP contribution < -0.4 is 14.2 Å². The van der Waals surface area contributed by atoms with Crippen LogP contribution in [0, 0.1) is 0 Å². The van der Waals surface area contributed by atoms with E-state index in [9.17, 15) is 8.42 Å². The van der Waals surface area contributed by atoms with Crippen LogP contribution >= 0.6 is 23.2 Å². The van der Waals surface area contributed by atoms with E-state index in [0.29, 0.717) is 17.2 Å². The van der Waals surface area contributed by atoms with Gasteiger partial charge in [0.2, 0.25) is 0 Å². The first-order chi connectivity index (χ1) is 11.9. The molecule has 0 radical (unpaired) electrons. The number of halogens is 2. The zero-order valence-corrected chi connectivity index (χ0v) is 15.4. The fourth-order valence-corrected chi connectivity index (χ4v) is 4.99. The van der Waals surface area contributed by atoms with Crippen LogP contribution in [0.25, 0.3) is 0 Å². The lowest BCUT2D eigenvalue weighted by atomic mass is 10.2. The third kappa shape index (κ3) is 3.03. The molecular weight excluding hydrogens is 385 g/mol. The molecule has 0 saturated heterocycles. The number of fused-ring (bicyclic) bond motifs is 1. The monoisotopic (exact) mass is 399 g/mol. The maximum Gasteiger partial charge on any atom is 0.263 e. The summed E-state index contributed by atoms with van der Waals surface area (Å²) < 4.78 is 39.6. The van der Waals surface area contributed by atoms with E-state index in [1.54, 1.807) is 18.2 Å². The summed E-state index contributed by atoms with van der Waals surface area (Å²) in [7, 11) is -3.87. The Bertz CT molecular complexity index is 940.